The van der Waals surface area contributed by atoms with E-state index in [1.54, 1.807) is 7.11 Å². The van der Waals surface area contributed by atoms with Gasteiger partial charge in [0.1, 0.15) is 11.4 Å². The average molecular weight is 288 g/mol. The van der Waals surface area contributed by atoms with Crippen LogP contribution in [0, 0.1) is 5.92 Å². The molecule has 0 aliphatic heterocycles. The highest BCUT2D eigenvalue weighted by Crippen LogP contribution is 2.38. The molecule has 2 atom stereocenters. The molecular weight excluding hydrogens is 264 g/mol. The Morgan fingerprint density at radius 2 is 2.10 bits per heavy atom. The van der Waals surface area contributed by atoms with E-state index in [1.165, 1.54) is 6.42 Å². The van der Waals surface area contributed by atoms with Crippen LogP contribution in [0.25, 0.3) is 0 Å². The third-order valence-corrected chi connectivity index (χ3v) is 4.68. The van der Waals surface area contributed by atoms with E-state index in [9.17, 15) is 4.79 Å². The monoisotopic (exact) mass is 288 g/mol. The molecule has 1 aromatic rings. The second-order valence-corrected chi connectivity index (χ2v) is 6.57. The smallest absolute Gasteiger partial charge is 0.194 e. The molecule has 0 radical (unpaired) electrons. The fraction of sp³-hybridized carbons (Fsp3) is 0.611. The van der Waals surface area contributed by atoms with Gasteiger partial charge in [-0.05, 0) is 50.2 Å². The van der Waals surface area contributed by atoms with E-state index in [1.807, 2.05) is 24.3 Å². The van der Waals surface area contributed by atoms with Crippen molar-refractivity contribution >= 4 is 5.78 Å². The van der Waals surface area contributed by atoms with Crippen molar-refractivity contribution in [3.05, 3.63) is 29.8 Å². The number of hydrogen-bond acceptors (Lipinski definition) is 3. The first-order valence-electron chi connectivity index (χ1n) is 8.00. The number of ether oxygens (including phenoxy) is 2. The normalized spacial score (nSPS) is 29.1. The van der Waals surface area contributed by atoms with Gasteiger partial charge in [0.25, 0.3) is 0 Å². The molecular formula is C18H24O3. The van der Waals surface area contributed by atoms with Crippen LogP contribution in [0.2, 0.25) is 0 Å². The van der Waals surface area contributed by atoms with Crippen molar-refractivity contribution in [1.82, 2.24) is 0 Å². The van der Waals surface area contributed by atoms with Crippen LogP contribution in [0.3, 0.4) is 0 Å². The summed E-state index contributed by atoms with van der Waals surface area (Å²) in [6.07, 6.45) is 6.47. The van der Waals surface area contributed by atoms with Crippen molar-refractivity contribution < 1.29 is 14.3 Å². The predicted octanol–water partition coefficient (Wildman–Crippen LogP) is 4.01. The highest BCUT2D eigenvalue weighted by atomic mass is 16.5. The number of ketones is 1. The highest BCUT2D eigenvalue weighted by Gasteiger charge is 2.42. The van der Waals surface area contributed by atoms with Crippen LogP contribution in [0.1, 0.15) is 55.8 Å². The van der Waals surface area contributed by atoms with Crippen molar-refractivity contribution in [2.75, 3.05) is 7.11 Å². The minimum absolute atomic E-state index is 0.109. The fourth-order valence-electron chi connectivity index (χ4n) is 3.34. The molecule has 0 aromatic heterocycles. The molecule has 2 aliphatic carbocycles. The summed E-state index contributed by atoms with van der Waals surface area (Å²) in [5.41, 5.74) is 0.0691. The lowest BCUT2D eigenvalue weighted by Crippen LogP contribution is -2.44. The Hall–Kier alpha value is -1.35. The topological polar surface area (TPSA) is 35.5 Å². The summed E-state index contributed by atoms with van der Waals surface area (Å²) in [4.78, 5) is 13.0. The highest BCUT2D eigenvalue weighted by molar-refractivity contribution is 6.02. The van der Waals surface area contributed by atoms with Gasteiger partial charge in [-0.3, -0.25) is 4.79 Å². The fourth-order valence-corrected chi connectivity index (χ4v) is 3.34. The summed E-state index contributed by atoms with van der Waals surface area (Å²) >= 11 is 0. The van der Waals surface area contributed by atoms with Crippen LogP contribution in [-0.4, -0.2) is 24.6 Å². The average Bonchev–Trinajstić information content (AvgIpc) is 3.30. The zero-order chi connectivity index (χ0) is 14.9. The van der Waals surface area contributed by atoms with E-state index in [-0.39, 0.29) is 5.78 Å². The van der Waals surface area contributed by atoms with E-state index < -0.39 is 5.60 Å². The standard InChI is InChI=1S/C18H24O3/c1-13-5-4-10-18(12-13,20-2)17(19)14-6-3-7-16(11-14)21-15-8-9-15/h3,6-7,11,13,15H,4-5,8-10,12H2,1-2H3. The Balaban J connectivity index is 1.82. The molecule has 0 amide bonds. The summed E-state index contributed by atoms with van der Waals surface area (Å²) in [5, 5.41) is 0. The molecule has 0 spiro atoms. The van der Waals surface area contributed by atoms with Gasteiger partial charge in [-0.25, -0.2) is 0 Å². The van der Waals surface area contributed by atoms with Crippen molar-refractivity contribution in [2.45, 2.75) is 57.2 Å². The number of benzene rings is 1. The van der Waals surface area contributed by atoms with Crippen LogP contribution in [-0.2, 0) is 4.74 Å². The molecule has 2 saturated carbocycles. The number of carbonyl (C=O) groups excluding carboxylic acids is 1. The molecule has 2 fully saturated rings. The zero-order valence-corrected chi connectivity index (χ0v) is 12.9. The van der Waals surface area contributed by atoms with E-state index in [2.05, 4.69) is 6.92 Å². The quantitative estimate of drug-likeness (QED) is 0.768. The summed E-state index contributed by atoms with van der Waals surface area (Å²) < 4.78 is 11.5. The molecule has 3 heteroatoms. The lowest BCUT2D eigenvalue weighted by molar-refractivity contribution is -0.0302. The van der Waals surface area contributed by atoms with E-state index in [4.69, 9.17) is 9.47 Å². The van der Waals surface area contributed by atoms with Gasteiger partial charge in [0.15, 0.2) is 5.78 Å². The number of rotatable bonds is 5. The van der Waals surface area contributed by atoms with Gasteiger partial charge in [-0.15, -0.1) is 0 Å². The van der Waals surface area contributed by atoms with Gasteiger partial charge in [-0.2, -0.15) is 0 Å². The van der Waals surface area contributed by atoms with Gasteiger partial charge in [0.2, 0.25) is 0 Å². The molecule has 2 aliphatic rings. The minimum atomic E-state index is -0.643. The van der Waals surface area contributed by atoms with Gasteiger partial charge in [0, 0.05) is 12.7 Å². The first-order chi connectivity index (χ1) is 10.1. The molecule has 3 nitrogen and oxygen atoms in total. The third-order valence-electron chi connectivity index (χ3n) is 4.68. The van der Waals surface area contributed by atoms with Crippen molar-refractivity contribution in [1.29, 1.82) is 0 Å². The Morgan fingerprint density at radius 3 is 2.76 bits per heavy atom. The lowest BCUT2D eigenvalue weighted by Gasteiger charge is -2.37. The van der Waals surface area contributed by atoms with Crippen LogP contribution in [0.5, 0.6) is 5.75 Å². The largest absolute Gasteiger partial charge is 0.490 e. The van der Waals surface area contributed by atoms with Crippen LogP contribution in [0.4, 0.5) is 0 Å². The Morgan fingerprint density at radius 1 is 1.29 bits per heavy atom. The summed E-state index contributed by atoms with van der Waals surface area (Å²) in [6, 6.07) is 7.58. The Labute approximate surface area is 126 Å². The summed E-state index contributed by atoms with van der Waals surface area (Å²) in [7, 11) is 1.67. The number of carbonyl (C=O) groups is 1. The predicted molar refractivity (Wildman–Crippen MR) is 81.8 cm³/mol. The maximum Gasteiger partial charge on any atom is 0.194 e. The van der Waals surface area contributed by atoms with Crippen LogP contribution in [0.15, 0.2) is 24.3 Å². The Bertz CT molecular complexity index is 521. The number of Topliss-reactive ketones (excluding diaryl/α,β-unsaturated/α-hetero) is 1. The summed E-state index contributed by atoms with van der Waals surface area (Å²) in [5.74, 6) is 1.45. The first kappa shape index (κ1) is 14.6. The zero-order valence-electron chi connectivity index (χ0n) is 12.9. The first-order valence-corrected chi connectivity index (χ1v) is 8.00. The number of methoxy groups -OCH3 is 1. The van der Waals surface area contributed by atoms with E-state index in [0.717, 1.165) is 37.9 Å². The Kier molecular flexibility index (Phi) is 4.03. The molecule has 0 saturated heterocycles. The second-order valence-electron chi connectivity index (χ2n) is 6.57. The number of hydrogen-bond donors (Lipinski definition) is 0. The molecule has 21 heavy (non-hydrogen) atoms. The molecule has 1 aromatic carbocycles. The van der Waals surface area contributed by atoms with Crippen LogP contribution < -0.4 is 4.74 Å². The molecule has 114 valence electrons. The maximum absolute atomic E-state index is 13.0. The molecule has 0 bridgehead atoms. The van der Waals surface area contributed by atoms with Gasteiger partial charge in [0.05, 0.1) is 6.10 Å². The molecule has 0 N–H and O–H groups in total. The van der Waals surface area contributed by atoms with Crippen LogP contribution >= 0.6 is 0 Å². The lowest BCUT2D eigenvalue weighted by atomic mass is 9.75. The van der Waals surface area contributed by atoms with Crippen molar-refractivity contribution in [3.8, 4) is 5.75 Å². The van der Waals surface area contributed by atoms with Crippen molar-refractivity contribution in [3.63, 3.8) is 0 Å². The summed E-state index contributed by atoms with van der Waals surface area (Å²) in [6.45, 7) is 2.20. The third kappa shape index (κ3) is 3.13. The van der Waals surface area contributed by atoms with Gasteiger partial charge < -0.3 is 9.47 Å². The van der Waals surface area contributed by atoms with E-state index >= 15 is 0 Å². The SMILES string of the molecule is COC1(C(=O)c2cccc(OC3CC3)c2)CCCC(C)C1. The van der Waals surface area contributed by atoms with Gasteiger partial charge in [-0.1, -0.05) is 25.5 Å². The molecule has 0 heterocycles. The van der Waals surface area contributed by atoms with Crippen molar-refractivity contribution in [2.24, 2.45) is 5.92 Å². The minimum Gasteiger partial charge on any atom is -0.490 e. The molecule has 3 rings (SSSR count). The maximum atomic E-state index is 13.0. The molecule has 2 unspecified atom stereocenters. The second kappa shape index (κ2) is 5.80. The van der Waals surface area contributed by atoms with Gasteiger partial charge >= 0.3 is 0 Å². The van der Waals surface area contributed by atoms with E-state index in [0.29, 0.717) is 17.6 Å².